The summed E-state index contributed by atoms with van der Waals surface area (Å²) in [6, 6.07) is 12.0. The molecule has 2 amide bonds. The van der Waals surface area contributed by atoms with E-state index in [-0.39, 0.29) is 17.5 Å². The molecule has 3 heterocycles. The van der Waals surface area contributed by atoms with Crippen molar-refractivity contribution in [3.05, 3.63) is 91.3 Å². The fraction of sp³-hybridized carbons (Fsp3) is 0.269. The molecule has 7 heteroatoms. The van der Waals surface area contributed by atoms with Gasteiger partial charge in [0.1, 0.15) is 5.69 Å². The van der Waals surface area contributed by atoms with Crippen LogP contribution in [0.5, 0.6) is 0 Å². The van der Waals surface area contributed by atoms with E-state index in [2.05, 4.69) is 39.0 Å². The lowest BCUT2D eigenvalue weighted by atomic mass is 9.73. The Morgan fingerprint density at radius 2 is 1.91 bits per heavy atom. The van der Waals surface area contributed by atoms with Crippen LogP contribution in [0.25, 0.3) is 11.1 Å². The van der Waals surface area contributed by atoms with Gasteiger partial charge in [-0.15, -0.1) is 6.58 Å². The molecule has 0 spiro atoms. The zero-order valence-electron chi connectivity index (χ0n) is 18.5. The summed E-state index contributed by atoms with van der Waals surface area (Å²) >= 11 is 0. The zero-order chi connectivity index (χ0) is 23.1. The second kappa shape index (κ2) is 10.2. The van der Waals surface area contributed by atoms with E-state index >= 15 is 0 Å². The van der Waals surface area contributed by atoms with Crippen LogP contribution in [0.15, 0.2) is 80.0 Å². The van der Waals surface area contributed by atoms with Crippen molar-refractivity contribution >= 4 is 11.8 Å². The predicted molar refractivity (Wildman–Crippen MR) is 126 cm³/mol. The van der Waals surface area contributed by atoms with Crippen LogP contribution in [0, 0.1) is 5.41 Å². The van der Waals surface area contributed by atoms with E-state index in [4.69, 9.17) is 0 Å². The van der Waals surface area contributed by atoms with Gasteiger partial charge in [0.15, 0.2) is 0 Å². The molecule has 1 aliphatic heterocycles. The smallest absolute Gasteiger partial charge is 0.274 e. The maximum Gasteiger partial charge on any atom is 0.274 e. The number of rotatable bonds is 7. The second-order valence-electron chi connectivity index (χ2n) is 8.27. The number of carbonyl (C=O) groups is 2. The Morgan fingerprint density at radius 1 is 1.09 bits per heavy atom. The molecule has 1 atom stereocenters. The summed E-state index contributed by atoms with van der Waals surface area (Å²) in [6.07, 6.45) is 11.6. The number of pyridine rings is 1. The minimum atomic E-state index is -0.762. The number of nitrogens with one attached hydrogen (secondary N) is 1. The highest BCUT2D eigenvalue weighted by molar-refractivity contribution is 5.93. The summed E-state index contributed by atoms with van der Waals surface area (Å²) in [5, 5.41) is 2.99. The number of carbonyl (C=O) groups excluding carboxylic acids is 2. The van der Waals surface area contributed by atoms with Crippen LogP contribution in [-0.4, -0.2) is 51.3 Å². The van der Waals surface area contributed by atoms with Crippen LogP contribution in [0.4, 0.5) is 0 Å². The standard InChI is InChI=1S/C26H27N5O2/c1-2-11-30-25(33)26(10-5-16-31(19-26)24(32)23-18-28-14-15-29-23)17-21-6-3-4-7-22(21)20-8-12-27-13-9-20/h2-4,6-9,12-15,18H,1,5,10-11,16-17,19H2,(H,30,33)/t26-/m0/s1. The molecule has 1 N–H and O–H groups in total. The minimum absolute atomic E-state index is 0.0661. The summed E-state index contributed by atoms with van der Waals surface area (Å²) in [6.45, 7) is 5.00. The Hall–Kier alpha value is -3.87. The molecule has 33 heavy (non-hydrogen) atoms. The zero-order valence-corrected chi connectivity index (χ0v) is 18.5. The molecule has 0 saturated carbocycles. The first-order valence-electron chi connectivity index (χ1n) is 11.1. The SMILES string of the molecule is C=CCNC(=O)[C@]1(Cc2ccccc2-c2ccncc2)CCCN(C(=O)c2cnccn2)C1. The van der Waals surface area contributed by atoms with Crippen LogP contribution in [0.3, 0.4) is 0 Å². The molecule has 168 valence electrons. The number of nitrogens with zero attached hydrogens (tertiary/aromatic N) is 4. The van der Waals surface area contributed by atoms with Crippen molar-refractivity contribution in [3.8, 4) is 11.1 Å². The van der Waals surface area contributed by atoms with Gasteiger partial charge in [-0.3, -0.25) is 19.6 Å². The van der Waals surface area contributed by atoms with E-state index in [1.165, 1.54) is 18.6 Å². The van der Waals surface area contributed by atoms with E-state index < -0.39 is 5.41 Å². The Kier molecular flexibility index (Phi) is 6.88. The number of hydrogen-bond donors (Lipinski definition) is 1. The van der Waals surface area contributed by atoms with Crippen molar-refractivity contribution in [3.63, 3.8) is 0 Å². The summed E-state index contributed by atoms with van der Waals surface area (Å²) in [5.41, 5.74) is 2.70. The molecule has 7 nitrogen and oxygen atoms in total. The predicted octanol–water partition coefficient (Wildman–Crippen LogP) is 3.31. The van der Waals surface area contributed by atoms with Crippen LogP contribution >= 0.6 is 0 Å². The number of aromatic nitrogens is 3. The van der Waals surface area contributed by atoms with E-state index in [1.54, 1.807) is 23.4 Å². The van der Waals surface area contributed by atoms with Crippen LogP contribution < -0.4 is 5.32 Å². The number of amides is 2. The summed E-state index contributed by atoms with van der Waals surface area (Å²) in [5.74, 6) is -0.269. The van der Waals surface area contributed by atoms with Gasteiger partial charge in [-0.1, -0.05) is 30.3 Å². The van der Waals surface area contributed by atoms with Gasteiger partial charge < -0.3 is 10.2 Å². The van der Waals surface area contributed by atoms with Crippen molar-refractivity contribution in [2.24, 2.45) is 5.41 Å². The average Bonchev–Trinajstić information content (AvgIpc) is 2.88. The van der Waals surface area contributed by atoms with Gasteiger partial charge in [0.05, 0.1) is 11.6 Å². The lowest BCUT2D eigenvalue weighted by Gasteiger charge is -2.42. The van der Waals surface area contributed by atoms with Crippen LogP contribution in [-0.2, 0) is 11.2 Å². The van der Waals surface area contributed by atoms with Gasteiger partial charge in [-0.05, 0) is 48.1 Å². The Labute approximate surface area is 193 Å². The molecular formula is C26H27N5O2. The first-order chi connectivity index (χ1) is 16.1. The summed E-state index contributed by atoms with van der Waals surface area (Å²) in [7, 11) is 0. The summed E-state index contributed by atoms with van der Waals surface area (Å²) in [4.78, 5) is 40.7. The van der Waals surface area contributed by atoms with Gasteiger partial charge in [0.25, 0.3) is 5.91 Å². The first kappa shape index (κ1) is 22.3. The third-order valence-electron chi connectivity index (χ3n) is 6.07. The van der Waals surface area contributed by atoms with Crippen molar-refractivity contribution in [1.29, 1.82) is 0 Å². The number of likely N-dealkylation sites (tertiary alicyclic amines) is 1. The Morgan fingerprint density at radius 3 is 2.67 bits per heavy atom. The molecule has 2 aromatic heterocycles. The molecule has 1 aliphatic rings. The lowest BCUT2D eigenvalue weighted by Crippen LogP contribution is -2.54. The van der Waals surface area contributed by atoms with Gasteiger partial charge in [-0.2, -0.15) is 0 Å². The molecule has 1 fully saturated rings. The largest absolute Gasteiger partial charge is 0.352 e. The highest BCUT2D eigenvalue weighted by Gasteiger charge is 2.44. The number of piperidine rings is 1. The van der Waals surface area contributed by atoms with Crippen LogP contribution in [0.1, 0.15) is 28.9 Å². The van der Waals surface area contributed by atoms with E-state index in [1.807, 2.05) is 24.3 Å². The van der Waals surface area contributed by atoms with Gasteiger partial charge in [0, 0.05) is 44.4 Å². The second-order valence-corrected chi connectivity index (χ2v) is 8.27. The quantitative estimate of drug-likeness (QED) is 0.569. The van der Waals surface area contributed by atoms with Crippen LogP contribution in [0.2, 0.25) is 0 Å². The Balaban J connectivity index is 1.68. The lowest BCUT2D eigenvalue weighted by molar-refractivity contribution is -0.133. The minimum Gasteiger partial charge on any atom is -0.352 e. The molecule has 0 radical (unpaired) electrons. The topological polar surface area (TPSA) is 88.1 Å². The number of hydrogen-bond acceptors (Lipinski definition) is 5. The van der Waals surface area contributed by atoms with E-state index in [9.17, 15) is 9.59 Å². The maximum atomic E-state index is 13.5. The monoisotopic (exact) mass is 441 g/mol. The highest BCUT2D eigenvalue weighted by Crippen LogP contribution is 2.37. The third kappa shape index (κ3) is 4.98. The van der Waals surface area contributed by atoms with Gasteiger partial charge >= 0.3 is 0 Å². The third-order valence-corrected chi connectivity index (χ3v) is 6.07. The summed E-state index contributed by atoms with van der Waals surface area (Å²) < 4.78 is 0. The fourth-order valence-corrected chi connectivity index (χ4v) is 4.49. The van der Waals surface area contributed by atoms with Crippen molar-refractivity contribution < 1.29 is 9.59 Å². The molecule has 0 bridgehead atoms. The molecule has 1 saturated heterocycles. The molecule has 3 aromatic rings. The van der Waals surface area contributed by atoms with E-state index in [0.717, 1.165) is 23.1 Å². The molecule has 0 unspecified atom stereocenters. The molecule has 1 aromatic carbocycles. The first-order valence-corrected chi connectivity index (χ1v) is 11.1. The van der Waals surface area contributed by atoms with Gasteiger partial charge in [-0.25, -0.2) is 4.98 Å². The fourth-order valence-electron chi connectivity index (χ4n) is 4.49. The molecule has 0 aliphatic carbocycles. The highest BCUT2D eigenvalue weighted by atomic mass is 16.2. The van der Waals surface area contributed by atoms with E-state index in [0.29, 0.717) is 32.5 Å². The molecular weight excluding hydrogens is 414 g/mol. The Bertz CT molecular complexity index is 1120. The maximum absolute atomic E-state index is 13.5. The van der Waals surface area contributed by atoms with Crippen molar-refractivity contribution in [2.75, 3.05) is 19.6 Å². The van der Waals surface area contributed by atoms with Gasteiger partial charge in [0.2, 0.25) is 5.91 Å². The normalized spacial score (nSPS) is 17.9. The van der Waals surface area contributed by atoms with Crippen molar-refractivity contribution in [1.82, 2.24) is 25.2 Å². The molecule has 4 rings (SSSR count). The van der Waals surface area contributed by atoms with Crippen molar-refractivity contribution in [2.45, 2.75) is 19.3 Å². The number of benzene rings is 1. The average molecular weight is 442 g/mol.